The average Bonchev–Trinajstić information content (AvgIpc) is 3.25. The highest BCUT2D eigenvalue weighted by Crippen LogP contribution is 2.40. The molecule has 2 fully saturated rings. The number of pyridine rings is 1. The summed E-state index contributed by atoms with van der Waals surface area (Å²) in [5.41, 5.74) is 0. The molecule has 3 aromatic rings. The van der Waals surface area contributed by atoms with E-state index in [4.69, 9.17) is 8.83 Å². The number of anilines is 1. The molecule has 0 aromatic carbocycles. The van der Waals surface area contributed by atoms with Gasteiger partial charge in [-0.1, -0.05) is 6.07 Å². The molecule has 0 amide bonds. The van der Waals surface area contributed by atoms with Gasteiger partial charge in [0.15, 0.2) is 5.76 Å². The van der Waals surface area contributed by atoms with Crippen LogP contribution in [-0.4, -0.2) is 54.1 Å². The van der Waals surface area contributed by atoms with Crippen molar-refractivity contribution in [3.63, 3.8) is 0 Å². The highest BCUT2D eigenvalue weighted by atomic mass is 32.2. The Hall–Kier alpha value is -2.72. The Bertz CT molecular complexity index is 1070. The summed E-state index contributed by atoms with van der Waals surface area (Å²) in [6.07, 6.45) is 3.82. The summed E-state index contributed by atoms with van der Waals surface area (Å²) in [5.74, 6) is 2.24. The standard InChI is InChI=1S/C18H19N5O4S/c24-28(25,23-11-9-22(10-12-23)15-3-1-2-8-19-15)16-7-6-14(26-16)18-21-20-17(27-18)13-4-5-13/h1-3,6-8,13H,4-5,9-12H2. The Labute approximate surface area is 162 Å². The minimum atomic E-state index is -3.72. The molecule has 2 aliphatic rings. The van der Waals surface area contributed by atoms with Gasteiger partial charge in [-0.15, -0.1) is 10.2 Å². The number of piperazine rings is 1. The first-order valence-corrected chi connectivity index (χ1v) is 10.6. The molecule has 0 radical (unpaired) electrons. The molecule has 0 spiro atoms. The summed E-state index contributed by atoms with van der Waals surface area (Å²) in [7, 11) is -3.72. The largest absolute Gasteiger partial charge is 0.438 e. The van der Waals surface area contributed by atoms with E-state index in [0.717, 1.165) is 18.7 Å². The number of rotatable bonds is 5. The number of furan rings is 1. The lowest BCUT2D eigenvalue weighted by Crippen LogP contribution is -2.48. The van der Waals surface area contributed by atoms with Gasteiger partial charge in [0.05, 0.1) is 0 Å². The number of hydrogen-bond donors (Lipinski definition) is 0. The minimum absolute atomic E-state index is 0.111. The fraction of sp³-hybridized carbons (Fsp3) is 0.389. The van der Waals surface area contributed by atoms with Gasteiger partial charge in [-0.25, -0.2) is 13.4 Å². The predicted octanol–water partition coefficient (Wildman–Crippen LogP) is 2.11. The minimum Gasteiger partial charge on any atom is -0.438 e. The zero-order valence-electron chi connectivity index (χ0n) is 15.1. The maximum absolute atomic E-state index is 12.9. The lowest BCUT2D eigenvalue weighted by molar-refractivity contribution is 0.361. The highest BCUT2D eigenvalue weighted by Gasteiger charge is 2.33. The third-order valence-corrected chi connectivity index (χ3v) is 6.74. The van der Waals surface area contributed by atoms with E-state index >= 15 is 0 Å². The van der Waals surface area contributed by atoms with E-state index in [0.29, 0.717) is 38.0 Å². The zero-order chi connectivity index (χ0) is 19.1. The van der Waals surface area contributed by atoms with E-state index in [1.165, 1.54) is 10.4 Å². The van der Waals surface area contributed by atoms with E-state index in [2.05, 4.69) is 20.1 Å². The first-order chi connectivity index (χ1) is 13.6. The van der Waals surface area contributed by atoms with Crippen LogP contribution in [0.15, 0.2) is 50.5 Å². The van der Waals surface area contributed by atoms with Crippen LogP contribution in [0.25, 0.3) is 11.7 Å². The van der Waals surface area contributed by atoms with E-state index in [1.807, 2.05) is 18.2 Å². The summed E-state index contributed by atoms with van der Waals surface area (Å²) in [4.78, 5) is 6.39. The average molecular weight is 401 g/mol. The second-order valence-corrected chi connectivity index (χ2v) is 8.79. The van der Waals surface area contributed by atoms with Crippen molar-refractivity contribution < 1.29 is 17.3 Å². The summed E-state index contributed by atoms with van der Waals surface area (Å²) < 4.78 is 38.4. The molecule has 5 rings (SSSR count). The Balaban J connectivity index is 1.30. The van der Waals surface area contributed by atoms with Gasteiger partial charge < -0.3 is 13.7 Å². The van der Waals surface area contributed by atoms with Crippen LogP contribution in [0, 0.1) is 0 Å². The fourth-order valence-corrected chi connectivity index (χ4v) is 4.56. The van der Waals surface area contributed by atoms with Crippen molar-refractivity contribution >= 4 is 15.8 Å². The molecule has 3 aromatic heterocycles. The molecule has 1 aliphatic heterocycles. The number of hydrogen-bond acceptors (Lipinski definition) is 8. The third kappa shape index (κ3) is 3.18. The van der Waals surface area contributed by atoms with Crippen LogP contribution in [0.3, 0.4) is 0 Å². The van der Waals surface area contributed by atoms with Gasteiger partial charge in [-0.05, 0) is 37.1 Å². The topological polar surface area (TPSA) is 106 Å². The maximum Gasteiger partial charge on any atom is 0.283 e. The molecule has 0 bridgehead atoms. The molecular weight excluding hydrogens is 382 g/mol. The second kappa shape index (κ2) is 6.71. The molecule has 1 saturated heterocycles. The molecule has 9 nitrogen and oxygen atoms in total. The van der Waals surface area contributed by atoms with Crippen LogP contribution in [0.4, 0.5) is 5.82 Å². The Morgan fingerprint density at radius 1 is 0.964 bits per heavy atom. The molecular formula is C18H19N5O4S. The molecule has 4 heterocycles. The van der Waals surface area contributed by atoms with Crippen molar-refractivity contribution in [2.75, 3.05) is 31.1 Å². The van der Waals surface area contributed by atoms with E-state index < -0.39 is 10.0 Å². The van der Waals surface area contributed by atoms with Gasteiger partial charge in [-0.2, -0.15) is 4.31 Å². The van der Waals surface area contributed by atoms with Crippen molar-refractivity contribution in [2.45, 2.75) is 23.9 Å². The number of aromatic nitrogens is 3. The summed E-state index contributed by atoms with van der Waals surface area (Å²) in [6.45, 7) is 1.86. The van der Waals surface area contributed by atoms with Gasteiger partial charge in [0.2, 0.25) is 11.0 Å². The summed E-state index contributed by atoms with van der Waals surface area (Å²) in [6, 6.07) is 8.69. The van der Waals surface area contributed by atoms with Crippen LogP contribution in [-0.2, 0) is 10.0 Å². The van der Waals surface area contributed by atoms with E-state index in [1.54, 1.807) is 12.3 Å². The fourth-order valence-electron chi connectivity index (χ4n) is 3.23. The second-order valence-electron chi connectivity index (χ2n) is 6.92. The first kappa shape index (κ1) is 17.4. The SMILES string of the molecule is O=S(=O)(c1ccc(-c2nnc(C3CC3)o2)o1)N1CCN(c2ccccn2)CC1. The van der Waals surface area contributed by atoms with Crippen LogP contribution < -0.4 is 4.90 Å². The molecule has 146 valence electrons. The lowest BCUT2D eigenvalue weighted by Gasteiger charge is -2.34. The van der Waals surface area contributed by atoms with Crippen molar-refractivity contribution in [3.05, 3.63) is 42.4 Å². The lowest BCUT2D eigenvalue weighted by atomic mass is 10.3. The molecule has 28 heavy (non-hydrogen) atoms. The molecule has 0 unspecified atom stereocenters. The highest BCUT2D eigenvalue weighted by molar-refractivity contribution is 7.89. The van der Waals surface area contributed by atoms with Crippen LogP contribution in [0.5, 0.6) is 0 Å². The maximum atomic E-state index is 12.9. The van der Waals surface area contributed by atoms with Gasteiger partial charge in [0.1, 0.15) is 5.82 Å². The number of nitrogens with zero attached hydrogens (tertiary/aromatic N) is 5. The Kier molecular flexibility index (Phi) is 4.17. The van der Waals surface area contributed by atoms with Gasteiger partial charge in [0, 0.05) is 38.3 Å². The molecule has 0 N–H and O–H groups in total. The van der Waals surface area contributed by atoms with E-state index in [9.17, 15) is 8.42 Å². The smallest absolute Gasteiger partial charge is 0.283 e. The zero-order valence-corrected chi connectivity index (χ0v) is 15.9. The molecule has 1 aliphatic carbocycles. The van der Waals surface area contributed by atoms with Gasteiger partial charge in [0.25, 0.3) is 15.9 Å². The van der Waals surface area contributed by atoms with Crippen LogP contribution >= 0.6 is 0 Å². The normalized spacial score (nSPS) is 18.5. The van der Waals surface area contributed by atoms with Crippen molar-refractivity contribution in [1.29, 1.82) is 0 Å². The molecule has 10 heteroatoms. The first-order valence-electron chi connectivity index (χ1n) is 9.21. The Morgan fingerprint density at radius 3 is 2.50 bits per heavy atom. The monoisotopic (exact) mass is 401 g/mol. The summed E-state index contributed by atoms with van der Waals surface area (Å²) >= 11 is 0. The van der Waals surface area contributed by atoms with E-state index in [-0.39, 0.29) is 16.7 Å². The molecule has 0 atom stereocenters. The number of sulfonamides is 1. The summed E-state index contributed by atoms with van der Waals surface area (Å²) in [5, 5.41) is 7.86. The van der Waals surface area contributed by atoms with Crippen molar-refractivity contribution in [1.82, 2.24) is 19.5 Å². The quantitative estimate of drug-likeness (QED) is 0.640. The van der Waals surface area contributed by atoms with Crippen LogP contribution in [0.1, 0.15) is 24.7 Å². The predicted molar refractivity (Wildman–Crippen MR) is 99.2 cm³/mol. The van der Waals surface area contributed by atoms with Gasteiger partial charge in [-0.3, -0.25) is 0 Å². The Morgan fingerprint density at radius 2 is 1.79 bits per heavy atom. The van der Waals surface area contributed by atoms with Crippen molar-refractivity contribution in [3.8, 4) is 11.7 Å². The van der Waals surface area contributed by atoms with Gasteiger partial charge >= 0.3 is 0 Å². The van der Waals surface area contributed by atoms with Crippen molar-refractivity contribution in [2.24, 2.45) is 0 Å². The molecule has 1 saturated carbocycles. The third-order valence-electron chi connectivity index (χ3n) is 4.97. The van der Waals surface area contributed by atoms with Crippen LogP contribution in [0.2, 0.25) is 0 Å².